The van der Waals surface area contributed by atoms with Crippen molar-refractivity contribution >= 4 is 38.1 Å². The lowest BCUT2D eigenvalue weighted by Gasteiger charge is -2.08. The van der Waals surface area contributed by atoms with Gasteiger partial charge >= 0.3 is 11.2 Å². The molecule has 1 aliphatic rings. The summed E-state index contributed by atoms with van der Waals surface area (Å²) in [5.41, 5.74) is 1.62. The number of nitrogens with zero attached hydrogens (tertiary/aromatic N) is 2. The van der Waals surface area contributed by atoms with E-state index in [1.165, 1.54) is 18.4 Å². The quantitative estimate of drug-likeness (QED) is 0.349. The Morgan fingerprint density at radius 2 is 1.91 bits per heavy atom. The Kier molecular flexibility index (Phi) is 7.51. The molecule has 186 valence electrons. The third kappa shape index (κ3) is 5.38. The number of thiophene rings is 1. The number of sulfone groups is 1. The monoisotopic (exact) mass is 519 g/mol. The molecule has 0 fully saturated rings. The molecular weight excluding hydrogens is 494 g/mol. The lowest BCUT2D eigenvalue weighted by Crippen LogP contribution is -2.24. The Bertz CT molecular complexity index is 1340. The van der Waals surface area contributed by atoms with Crippen molar-refractivity contribution in [2.75, 3.05) is 24.8 Å². The fourth-order valence-electron chi connectivity index (χ4n) is 3.91. The zero-order valence-electron chi connectivity index (χ0n) is 19.3. The Balaban J connectivity index is 1.55. The number of para-hydroxylation sites is 1. The number of rotatable bonds is 8. The SMILES string of the molecule is CCOC(=O)c1c(NC(=O)CS(=O)(=O)c2nnc(-c3ccccc3OC)o2)sc2c1CCCCC2. The van der Waals surface area contributed by atoms with E-state index in [1.807, 2.05) is 0 Å². The van der Waals surface area contributed by atoms with Gasteiger partial charge in [0, 0.05) is 4.88 Å². The van der Waals surface area contributed by atoms with Gasteiger partial charge < -0.3 is 19.2 Å². The number of nitrogens with one attached hydrogen (secondary N) is 1. The van der Waals surface area contributed by atoms with Crippen molar-refractivity contribution in [3.63, 3.8) is 0 Å². The number of ether oxygens (including phenoxy) is 2. The first-order valence-corrected chi connectivity index (χ1v) is 13.6. The Morgan fingerprint density at radius 1 is 1.14 bits per heavy atom. The summed E-state index contributed by atoms with van der Waals surface area (Å²) in [6, 6.07) is 6.78. The molecule has 0 saturated heterocycles. The Morgan fingerprint density at radius 3 is 2.69 bits per heavy atom. The number of benzene rings is 1. The van der Waals surface area contributed by atoms with Crippen molar-refractivity contribution in [2.45, 2.75) is 44.3 Å². The van der Waals surface area contributed by atoms with Crippen LogP contribution in [0.15, 0.2) is 33.9 Å². The van der Waals surface area contributed by atoms with E-state index >= 15 is 0 Å². The predicted molar refractivity (Wildman–Crippen MR) is 129 cm³/mol. The van der Waals surface area contributed by atoms with E-state index in [0.29, 0.717) is 28.3 Å². The van der Waals surface area contributed by atoms with Gasteiger partial charge in [0.25, 0.3) is 5.89 Å². The van der Waals surface area contributed by atoms with E-state index in [-0.39, 0.29) is 12.5 Å². The highest BCUT2D eigenvalue weighted by Gasteiger charge is 2.30. The van der Waals surface area contributed by atoms with Crippen LogP contribution in [-0.2, 0) is 32.2 Å². The maximum Gasteiger partial charge on any atom is 0.341 e. The molecule has 1 N–H and O–H groups in total. The molecule has 0 bridgehead atoms. The second kappa shape index (κ2) is 10.6. The molecule has 35 heavy (non-hydrogen) atoms. The van der Waals surface area contributed by atoms with Crippen molar-refractivity contribution in [3.05, 3.63) is 40.3 Å². The number of carbonyl (C=O) groups is 2. The summed E-state index contributed by atoms with van der Waals surface area (Å²) in [6.45, 7) is 1.90. The predicted octanol–water partition coefficient (Wildman–Crippen LogP) is 3.66. The fourth-order valence-corrected chi connectivity index (χ4v) is 6.12. The molecule has 10 nitrogen and oxygen atoms in total. The minimum atomic E-state index is -4.24. The number of fused-ring (bicyclic) bond motifs is 1. The standard InChI is InChI=1S/C23H25N3O7S2/c1-3-32-22(28)19-15-10-5-4-6-12-17(15)34-21(19)24-18(27)13-35(29,30)23-26-25-20(33-23)14-9-7-8-11-16(14)31-2/h7-9,11H,3-6,10,12-13H2,1-2H3,(H,24,27). The van der Waals surface area contributed by atoms with Crippen molar-refractivity contribution in [3.8, 4) is 17.2 Å². The summed E-state index contributed by atoms with van der Waals surface area (Å²) in [5, 5.41) is 9.64. The first-order chi connectivity index (χ1) is 16.8. The normalized spacial score (nSPS) is 13.5. The largest absolute Gasteiger partial charge is 0.496 e. The van der Waals surface area contributed by atoms with E-state index < -0.39 is 32.7 Å². The van der Waals surface area contributed by atoms with Crippen LogP contribution in [0.25, 0.3) is 11.5 Å². The summed E-state index contributed by atoms with van der Waals surface area (Å²) in [5.74, 6) is -1.88. The smallest absolute Gasteiger partial charge is 0.341 e. The van der Waals surface area contributed by atoms with E-state index in [4.69, 9.17) is 13.9 Å². The second-order valence-electron chi connectivity index (χ2n) is 7.87. The van der Waals surface area contributed by atoms with E-state index in [9.17, 15) is 18.0 Å². The van der Waals surface area contributed by atoms with Crippen LogP contribution in [0.1, 0.15) is 47.0 Å². The highest BCUT2D eigenvalue weighted by Crippen LogP contribution is 2.38. The summed E-state index contributed by atoms with van der Waals surface area (Å²) in [6.07, 6.45) is 4.49. The number of hydrogen-bond donors (Lipinski definition) is 1. The molecule has 2 aromatic heterocycles. The minimum absolute atomic E-state index is 0.0481. The number of methoxy groups -OCH3 is 1. The molecule has 1 aliphatic carbocycles. The molecule has 0 atom stereocenters. The number of aromatic nitrogens is 2. The molecule has 2 heterocycles. The number of esters is 1. The van der Waals surface area contributed by atoms with Crippen LogP contribution in [0.3, 0.4) is 0 Å². The highest BCUT2D eigenvalue weighted by atomic mass is 32.2. The highest BCUT2D eigenvalue weighted by molar-refractivity contribution is 7.91. The lowest BCUT2D eigenvalue weighted by atomic mass is 10.1. The van der Waals surface area contributed by atoms with Gasteiger partial charge in [0.15, 0.2) is 0 Å². The molecule has 0 saturated carbocycles. The second-order valence-corrected chi connectivity index (χ2v) is 10.8. The van der Waals surface area contributed by atoms with Gasteiger partial charge in [-0.15, -0.1) is 16.4 Å². The summed E-state index contributed by atoms with van der Waals surface area (Å²) in [7, 11) is -2.78. The van der Waals surface area contributed by atoms with Gasteiger partial charge in [-0.05, 0) is 50.3 Å². The van der Waals surface area contributed by atoms with Crippen molar-refractivity contribution in [2.24, 2.45) is 0 Å². The molecule has 1 aromatic carbocycles. The van der Waals surface area contributed by atoms with Crippen LogP contribution in [0.4, 0.5) is 5.00 Å². The first-order valence-electron chi connectivity index (χ1n) is 11.1. The summed E-state index contributed by atoms with van der Waals surface area (Å²) >= 11 is 1.29. The zero-order valence-corrected chi connectivity index (χ0v) is 21.0. The minimum Gasteiger partial charge on any atom is -0.496 e. The van der Waals surface area contributed by atoms with Gasteiger partial charge in [-0.25, -0.2) is 13.2 Å². The average molecular weight is 520 g/mol. The summed E-state index contributed by atoms with van der Waals surface area (Å²) in [4.78, 5) is 26.4. The van der Waals surface area contributed by atoms with Gasteiger partial charge in [0.1, 0.15) is 16.5 Å². The van der Waals surface area contributed by atoms with E-state index in [0.717, 1.165) is 36.1 Å². The maximum atomic E-state index is 12.8. The third-order valence-corrected chi connectivity index (χ3v) is 8.03. The number of aryl methyl sites for hydroxylation is 1. The number of anilines is 1. The number of carbonyl (C=O) groups excluding carboxylic acids is 2. The van der Waals surface area contributed by atoms with Crippen LogP contribution >= 0.6 is 11.3 Å². The Labute approximate surface area is 206 Å². The van der Waals surface area contributed by atoms with Crippen molar-refractivity contribution in [1.29, 1.82) is 0 Å². The van der Waals surface area contributed by atoms with Gasteiger partial charge in [-0.3, -0.25) is 4.79 Å². The van der Waals surface area contributed by atoms with Crippen molar-refractivity contribution in [1.82, 2.24) is 10.2 Å². The van der Waals surface area contributed by atoms with Gasteiger partial charge in [0.2, 0.25) is 15.7 Å². The molecule has 0 spiro atoms. The van der Waals surface area contributed by atoms with Gasteiger partial charge in [0.05, 0.1) is 24.8 Å². The average Bonchev–Trinajstić information content (AvgIpc) is 3.38. The van der Waals surface area contributed by atoms with E-state index in [2.05, 4.69) is 15.5 Å². The molecule has 0 unspecified atom stereocenters. The summed E-state index contributed by atoms with van der Waals surface area (Å²) < 4.78 is 41.4. The lowest BCUT2D eigenvalue weighted by molar-refractivity contribution is -0.113. The molecule has 3 aromatic rings. The van der Waals surface area contributed by atoms with Crippen LogP contribution in [0, 0.1) is 0 Å². The van der Waals surface area contributed by atoms with Crippen LogP contribution < -0.4 is 10.1 Å². The van der Waals surface area contributed by atoms with Gasteiger partial charge in [-0.2, -0.15) is 0 Å². The third-order valence-electron chi connectivity index (χ3n) is 5.48. The number of hydrogen-bond acceptors (Lipinski definition) is 10. The molecule has 0 radical (unpaired) electrons. The maximum absolute atomic E-state index is 12.8. The Hall–Kier alpha value is -3.25. The van der Waals surface area contributed by atoms with Crippen molar-refractivity contribution < 1.29 is 31.9 Å². The van der Waals surface area contributed by atoms with Crippen LogP contribution in [0.2, 0.25) is 0 Å². The zero-order chi connectivity index (χ0) is 25.0. The molecule has 4 rings (SSSR count). The van der Waals surface area contributed by atoms with Crippen LogP contribution in [0.5, 0.6) is 5.75 Å². The molecule has 1 amide bonds. The fraction of sp³-hybridized carbons (Fsp3) is 0.391. The molecule has 12 heteroatoms. The van der Waals surface area contributed by atoms with Gasteiger partial charge in [-0.1, -0.05) is 23.7 Å². The number of amides is 1. The van der Waals surface area contributed by atoms with Crippen LogP contribution in [-0.4, -0.2) is 50.0 Å². The topological polar surface area (TPSA) is 138 Å². The molecular formula is C23H25N3O7S2. The molecule has 0 aliphatic heterocycles. The first kappa shape index (κ1) is 24.9. The van der Waals surface area contributed by atoms with E-state index in [1.54, 1.807) is 31.2 Å².